The molecule has 1 aliphatic heterocycles. The van der Waals surface area contributed by atoms with Gasteiger partial charge < -0.3 is 5.73 Å². The molecule has 3 heteroatoms. The van der Waals surface area contributed by atoms with Gasteiger partial charge in [-0.1, -0.05) is 19.1 Å². The van der Waals surface area contributed by atoms with Crippen molar-refractivity contribution in [2.75, 3.05) is 6.54 Å². The van der Waals surface area contributed by atoms with E-state index in [1.165, 1.54) is 0 Å². The van der Waals surface area contributed by atoms with Crippen LogP contribution in [-0.4, -0.2) is 13.3 Å². The monoisotopic (exact) mass is 122 g/mol. The van der Waals surface area contributed by atoms with E-state index in [1.807, 2.05) is 0 Å². The van der Waals surface area contributed by atoms with Crippen LogP contribution in [0, 0.1) is 17.1 Å². The van der Waals surface area contributed by atoms with Gasteiger partial charge in [0.25, 0.3) is 6.71 Å². The minimum atomic E-state index is 0.304. The average molecular weight is 122 g/mol. The number of nitrogens with zero attached hydrogens (tertiary/aromatic N) is 1. The van der Waals surface area contributed by atoms with Crippen LogP contribution in [0.1, 0.15) is 6.42 Å². The van der Waals surface area contributed by atoms with Crippen LogP contribution in [0.2, 0.25) is 12.6 Å². The lowest BCUT2D eigenvalue weighted by atomic mass is 9.50. The molecule has 0 aliphatic carbocycles. The lowest BCUT2D eigenvalue weighted by molar-refractivity contribution is 0.602. The molecule has 0 amide bonds. The standard InChI is InChI=1S/C6H11BN2/c8-4-6-1-2-7(3-6)5-9/h6H,1-4,8H2. The first-order valence-electron chi connectivity index (χ1n) is 3.46. The maximum absolute atomic E-state index is 8.49. The molecule has 9 heavy (non-hydrogen) atoms. The van der Waals surface area contributed by atoms with Crippen LogP contribution in [0.15, 0.2) is 0 Å². The molecule has 1 atom stereocenters. The normalized spacial score (nSPS) is 26.2. The van der Waals surface area contributed by atoms with Crippen molar-refractivity contribution in [3.05, 3.63) is 0 Å². The Balaban J connectivity index is 2.31. The summed E-state index contributed by atoms with van der Waals surface area (Å²) in [5, 5.41) is 8.49. The molecule has 48 valence electrons. The second kappa shape index (κ2) is 2.88. The zero-order valence-electron chi connectivity index (χ0n) is 5.51. The number of nitrogens with two attached hydrogens (primary N) is 1. The zero-order valence-corrected chi connectivity index (χ0v) is 5.51. The summed E-state index contributed by atoms with van der Waals surface area (Å²) in [5.74, 6) is 2.91. The summed E-state index contributed by atoms with van der Waals surface area (Å²) >= 11 is 0. The fraction of sp³-hybridized carbons (Fsp3) is 0.833. The molecule has 0 spiro atoms. The summed E-state index contributed by atoms with van der Waals surface area (Å²) in [4.78, 5) is 0. The molecular weight excluding hydrogens is 111 g/mol. The SMILES string of the molecule is N#CB1CCC(CN)C1. The summed E-state index contributed by atoms with van der Waals surface area (Å²) in [6.45, 7) is 1.07. The highest BCUT2D eigenvalue weighted by molar-refractivity contribution is 6.67. The van der Waals surface area contributed by atoms with Crippen LogP contribution in [0.3, 0.4) is 0 Å². The molecule has 0 saturated carbocycles. The summed E-state index contributed by atoms with van der Waals surface area (Å²) in [5.41, 5.74) is 5.44. The van der Waals surface area contributed by atoms with Crippen LogP contribution in [0.4, 0.5) is 0 Å². The van der Waals surface area contributed by atoms with Gasteiger partial charge in [0.1, 0.15) is 0 Å². The van der Waals surface area contributed by atoms with Gasteiger partial charge in [-0.05, 0) is 12.5 Å². The molecule has 1 fully saturated rings. The Bertz CT molecular complexity index is 130. The molecule has 0 bridgehead atoms. The second-order valence-electron chi connectivity index (χ2n) is 2.74. The van der Waals surface area contributed by atoms with Gasteiger partial charge in [0.05, 0.1) is 0 Å². The average Bonchev–Trinajstić information content (AvgIpc) is 2.34. The van der Waals surface area contributed by atoms with Crippen molar-refractivity contribution in [3.63, 3.8) is 0 Å². The van der Waals surface area contributed by atoms with E-state index >= 15 is 0 Å². The minimum Gasteiger partial charge on any atom is -0.330 e. The van der Waals surface area contributed by atoms with Gasteiger partial charge in [0.2, 0.25) is 0 Å². The molecule has 1 rings (SSSR count). The number of rotatable bonds is 1. The van der Waals surface area contributed by atoms with E-state index in [2.05, 4.69) is 5.97 Å². The fourth-order valence-corrected chi connectivity index (χ4v) is 1.41. The molecular formula is C6H11BN2. The Morgan fingerprint density at radius 2 is 2.56 bits per heavy atom. The van der Waals surface area contributed by atoms with Crippen LogP contribution in [-0.2, 0) is 0 Å². The third-order valence-electron chi connectivity index (χ3n) is 2.06. The predicted octanol–water partition coefficient (Wildman–Crippen LogP) is 0.523. The van der Waals surface area contributed by atoms with Gasteiger partial charge in [-0.3, -0.25) is 0 Å². The largest absolute Gasteiger partial charge is 0.330 e. The molecule has 2 nitrogen and oxygen atoms in total. The van der Waals surface area contributed by atoms with E-state index in [9.17, 15) is 0 Å². The topological polar surface area (TPSA) is 49.8 Å². The Morgan fingerprint density at radius 1 is 1.78 bits per heavy atom. The molecule has 0 aromatic carbocycles. The zero-order chi connectivity index (χ0) is 6.69. The molecule has 0 aromatic heterocycles. The van der Waals surface area contributed by atoms with E-state index < -0.39 is 0 Å². The minimum absolute atomic E-state index is 0.304. The van der Waals surface area contributed by atoms with Crippen molar-refractivity contribution in [2.24, 2.45) is 11.7 Å². The van der Waals surface area contributed by atoms with Crippen LogP contribution in [0.5, 0.6) is 0 Å². The van der Waals surface area contributed by atoms with E-state index in [4.69, 9.17) is 11.0 Å². The first kappa shape index (κ1) is 6.63. The van der Waals surface area contributed by atoms with Gasteiger partial charge in [-0.2, -0.15) is 0 Å². The lowest BCUT2D eigenvalue weighted by Gasteiger charge is -2.00. The van der Waals surface area contributed by atoms with Gasteiger partial charge in [-0.25, -0.2) is 5.26 Å². The van der Waals surface area contributed by atoms with Crippen molar-refractivity contribution in [1.82, 2.24) is 0 Å². The summed E-state index contributed by atoms with van der Waals surface area (Å²) in [6, 6.07) is 0. The van der Waals surface area contributed by atoms with Crippen molar-refractivity contribution in [3.8, 4) is 5.97 Å². The molecule has 2 N–H and O–H groups in total. The van der Waals surface area contributed by atoms with Crippen LogP contribution in [0.25, 0.3) is 0 Å². The maximum atomic E-state index is 8.49. The van der Waals surface area contributed by atoms with Crippen molar-refractivity contribution < 1.29 is 0 Å². The summed E-state index contributed by atoms with van der Waals surface area (Å²) < 4.78 is 0. The number of hydrogen-bond donors (Lipinski definition) is 1. The number of hydrogen-bond acceptors (Lipinski definition) is 2. The van der Waals surface area contributed by atoms with Crippen molar-refractivity contribution in [2.45, 2.75) is 19.1 Å². The third kappa shape index (κ3) is 1.46. The van der Waals surface area contributed by atoms with E-state index in [1.54, 1.807) is 0 Å². The van der Waals surface area contributed by atoms with Crippen LogP contribution >= 0.6 is 0 Å². The molecule has 1 aliphatic rings. The summed E-state index contributed by atoms with van der Waals surface area (Å²) in [6.07, 6.45) is 3.26. The first-order chi connectivity index (χ1) is 4.36. The van der Waals surface area contributed by atoms with E-state index in [-0.39, 0.29) is 0 Å². The molecule has 1 saturated heterocycles. The Labute approximate surface area is 56.1 Å². The molecule has 1 unspecified atom stereocenters. The fourth-order valence-electron chi connectivity index (χ4n) is 1.41. The quantitative estimate of drug-likeness (QED) is 0.515. The highest BCUT2D eigenvalue weighted by atomic mass is 14.5. The Morgan fingerprint density at radius 3 is 2.89 bits per heavy atom. The smallest absolute Gasteiger partial charge is 0.268 e. The van der Waals surface area contributed by atoms with Gasteiger partial charge in [0.15, 0.2) is 0 Å². The van der Waals surface area contributed by atoms with E-state index in [0.29, 0.717) is 12.6 Å². The second-order valence-corrected chi connectivity index (χ2v) is 2.74. The highest BCUT2D eigenvalue weighted by Crippen LogP contribution is 2.24. The van der Waals surface area contributed by atoms with Gasteiger partial charge >= 0.3 is 0 Å². The van der Waals surface area contributed by atoms with Crippen molar-refractivity contribution >= 4 is 6.71 Å². The third-order valence-corrected chi connectivity index (χ3v) is 2.06. The maximum Gasteiger partial charge on any atom is 0.268 e. The van der Waals surface area contributed by atoms with Crippen LogP contribution < -0.4 is 5.73 Å². The Hall–Kier alpha value is -0.485. The van der Waals surface area contributed by atoms with Gasteiger partial charge in [-0.15, -0.1) is 0 Å². The molecule has 1 heterocycles. The van der Waals surface area contributed by atoms with Gasteiger partial charge in [0, 0.05) is 5.97 Å². The Kier molecular flexibility index (Phi) is 2.13. The highest BCUT2D eigenvalue weighted by Gasteiger charge is 2.26. The molecule has 0 radical (unpaired) electrons. The molecule has 0 aromatic rings. The van der Waals surface area contributed by atoms with E-state index in [0.717, 1.165) is 25.6 Å². The summed E-state index contributed by atoms with van der Waals surface area (Å²) in [7, 11) is 0. The predicted molar refractivity (Wildman–Crippen MR) is 38.1 cm³/mol. The lowest BCUT2D eigenvalue weighted by Crippen LogP contribution is -2.12. The first-order valence-corrected chi connectivity index (χ1v) is 3.46. The number of nitriles is 1. The van der Waals surface area contributed by atoms with Crippen molar-refractivity contribution in [1.29, 1.82) is 5.26 Å².